The van der Waals surface area contributed by atoms with Crippen molar-refractivity contribution in [3.05, 3.63) is 0 Å². The number of rotatable bonds is 4. The van der Waals surface area contributed by atoms with Gasteiger partial charge < -0.3 is 10.5 Å². The summed E-state index contributed by atoms with van der Waals surface area (Å²) in [5.74, 6) is -0.321. The third-order valence-corrected chi connectivity index (χ3v) is 6.00. The number of carbonyl (C=O) groups is 1. The quantitative estimate of drug-likeness (QED) is 0.709. The predicted molar refractivity (Wildman–Crippen MR) is 74.0 cm³/mol. The fraction of sp³-hybridized carbons (Fsp3) is 0.917. The van der Waals surface area contributed by atoms with Crippen LogP contribution in [0.25, 0.3) is 0 Å². The summed E-state index contributed by atoms with van der Waals surface area (Å²) in [5, 5.41) is 0. The van der Waals surface area contributed by atoms with E-state index in [9.17, 15) is 13.2 Å². The monoisotopic (exact) mass is 305 g/mol. The minimum absolute atomic E-state index is 0.133. The summed E-state index contributed by atoms with van der Waals surface area (Å²) in [5.41, 5.74) is 5.89. The average Bonchev–Trinajstić information content (AvgIpc) is 2.98. The van der Waals surface area contributed by atoms with Gasteiger partial charge >= 0.3 is 5.97 Å². The number of hydrogen-bond donors (Lipinski definition) is 1. The van der Waals surface area contributed by atoms with Gasteiger partial charge in [-0.2, -0.15) is 17.0 Å². The van der Waals surface area contributed by atoms with Crippen LogP contribution in [0.5, 0.6) is 0 Å². The summed E-state index contributed by atoms with van der Waals surface area (Å²) < 4.78 is 32.9. The maximum atomic E-state index is 12.6. The van der Waals surface area contributed by atoms with E-state index in [0.717, 1.165) is 0 Å². The smallest absolute Gasteiger partial charge is 0.324 e. The van der Waals surface area contributed by atoms with E-state index in [1.165, 1.54) is 8.61 Å². The second-order valence-electron chi connectivity index (χ2n) is 5.49. The first-order chi connectivity index (χ1) is 9.37. The summed E-state index contributed by atoms with van der Waals surface area (Å²) in [6, 6.07) is -0.833. The van der Waals surface area contributed by atoms with Gasteiger partial charge in [0.2, 0.25) is 0 Å². The third kappa shape index (κ3) is 2.83. The van der Waals surface area contributed by atoms with Crippen LogP contribution in [0.1, 0.15) is 26.7 Å². The molecule has 0 aromatic carbocycles. The van der Waals surface area contributed by atoms with Crippen molar-refractivity contribution in [2.24, 2.45) is 11.7 Å². The van der Waals surface area contributed by atoms with Gasteiger partial charge in [-0.1, -0.05) is 6.92 Å². The minimum atomic E-state index is -3.63. The highest BCUT2D eigenvalue weighted by Gasteiger charge is 2.45. The van der Waals surface area contributed by atoms with Gasteiger partial charge in [-0.3, -0.25) is 4.79 Å². The Bertz CT molecular complexity index is 457. The lowest BCUT2D eigenvalue weighted by Gasteiger charge is -2.27. The van der Waals surface area contributed by atoms with Gasteiger partial charge in [-0.15, -0.1) is 0 Å². The molecule has 20 heavy (non-hydrogen) atoms. The molecule has 0 aliphatic carbocycles. The van der Waals surface area contributed by atoms with Crippen molar-refractivity contribution in [2.45, 2.75) is 38.8 Å². The van der Waals surface area contributed by atoms with Crippen LogP contribution < -0.4 is 5.73 Å². The van der Waals surface area contributed by atoms with Crippen molar-refractivity contribution >= 4 is 16.2 Å². The highest BCUT2D eigenvalue weighted by atomic mass is 32.2. The molecule has 0 radical (unpaired) electrons. The lowest BCUT2D eigenvalue weighted by molar-refractivity contribution is -0.146. The van der Waals surface area contributed by atoms with Crippen molar-refractivity contribution in [3.8, 4) is 0 Å². The Morgan fingerprint density at radius 1 is 1.40 bits per heavy atom. The molecule has 116 valence electrons. The zero-order valence-electron chi connectivity index (χ0n) is 12.0. The number of ether oxygens (including phenoxy) is 1. The number of nitrogens with zero attached hydrogens (tertiary/aromatic N) is 2. The lowest BCUT2D eigenvalue weighted by Crippen LogP contribution is -2.48. The van der Waals surface area contributed by atoms with E-state index >= 15 is 0 Å². The maximum Gasteiger partial charge on any atom is 0.324 e. The minimum Gasteiger partial charge on any atom is -0.465 e. The zero-order valence-corrected chi connectivity index (χ0v) is 12.8. The zero-order chi connectivity index (χ0) is 14.9. The molecule has 0 aromatic heterocycles. The first kappa shape index (κ1) is 15.7. The Kier molecular flexibility index (Phi) is 4.68. The van der Waals surface area contributed by atoms with Gasteiger partial charge in [0.25, 0.3) is 10.2 Å². The Hall–Kier alpha value is -0.700. The van der Waals surface area contributed by atoms with Crippen LogP contribution in [0.2, 0.25) is 0 Å². The standard InChI is InChI=1S/C12H23N3O4S/c1-3-19-12(16)11-5-4-6-15(11)20(17,18)14-7-9(2)10(13)8-14/h9-11H,3-8,13H2,1-2H3. The summed E-state index contributed by atoms with van der Waals surface area (Å²) in [7, 11) is -3.63. The SMILES string of the molecule is CCOC(=O)C1CCCN1S(=O)(=O)N1CC(C)C(N)C1. The third-order valence-electron chi connectivity index (χ3n) is 4.02. The van der Waals surface area contributed by atoms with E-state index < -0.39 is 22.2 Å². The van der Waals surface area contributed by atoms with Crippen molar-refractivity contribution in [1.29, 1.82) is 0 Å². The molecule has 2 rings (SSSR count). The molecule has 7 nitrogen and oxygen atoms in total. The van der Waals surface area contributed by atoms with Gasteiger partial charge in [0.1, 0.15) is 6.04 Å². The van der Waals surface area contributed by atoms with Gasteiger partial charge in [-0.25, -0.2) is 0 Å². The summed E-state index contributed by atoms with van der Waals surface area (Å²) in [6.45, 7) is 5.01. The Morgan fingerprint density at radius 3 is 2.65 bits per heavy atom. The van der Waals surface area contributed by atoms with Crippen LogP contribution in [0, 0.1) is 5.92 Å². The molecule has 0 bridgehead atoms. The number of hydrogen-bond acceptors (Lipinski definition) is 5. The number of esters is 1. The highest BCUT2D eigenvalue weighted by Crippen LogP contribution is 2.27. The van der Waals surface area contributed by atoms with E-state index in [1.54, 1.807) is 6.92 Å². The Balaban J connectivity index is 2.14. The van der Waals surface area contributed by atoms with Gasteiger partial charge in [0.15, 0.2) is 0 Å². The normalized spacial score (nSPS) is 32.6. The fourth-order valence-electron chi connectivity index (χ4n) is 2.77. The Labute approximate surface area is 120 Å². The second kappa shape index (κ2) is 5.97. The van der Waals surface area contributed by atoms with Crippen molar-refractivity contribution in [1.82, 2.24) is 8.61 Å². The van der Waals surface area contributed by atoms with Gasteiger partial charge in [0, 0.05) is 25.7 Å². The van der Waals surface area contributed by atoms with Crippen molar-refractivity contribution < 1.29 is 17.9 Å². The van der Waals surface area contributed by atoms with E-state index in [1.807, 2.05) is 6.92 Å². The molecule has 2 aliphatic rings. The fourth-order valence-corrected chi connectivity index (χ4v) is 4.73. The van der Waals surface area contributed by atoms with Crippen LogP contribution >= 0.6 is 0 Å². The first-order valence-corrected chi connectivity index (χ1v) is 8.46. The molecule has 2 heterocycles. The molecule has 0 amide bonds. The molecule has 3 unspecified atom stereocenters. The molecular formula is C12H23N3O4S. The molecule has 8 heteroatoms. The van der Waals surface area contributed by atoms with Gasteiger partial charge in [0.05, 0.1) is 6.61 Å². The average molecular weight is 305 g/mol. The maximum absolute atomic E-state index is 12.6. The molecule has 2 N–H and O–H groups in total. The molecule has 2 aliphatic heterocycles. The van der Waals surface area contributed by atoms with Gasteiger partial charge in [-0.05, 0) is 25.7 Å². The Morgan fingerprint density at radius 2 is 2.10 bits per heavy atom. The van der Waals surface area contributed by atoms with Crippen molar-refractivity contribution in [2.75, 3.05) is 26.2 Å². The number of carbonyl (C=O) groups excluding carboxylic acids is 1. The van der Waals surface area contributed by atoms with Crippen LogP contribution in [-0.2, 0) is 19.7 Å². The van der Waals surface area contributed by atoms with Crippen LogP contribution in [0.3, 0.4) is 0 Å². The van der Waals surface area contributed by atoms with E-state index in [2.05, 4.69) is 0 Å². The molecule has 2 fully saturated rings. The first-order valence-electron chi connectivity index (χ1n) is 7.07. The summed E-state index contributed by atoms with van der Waals surface area (Å²) in [4.78, 5) is 11.9. The molecule has 0 spiro atoms. The lowest BCUT2D eigenvalue weighted by atomic mass is 10.1. The van der Waals surface area contributed by atoms with Crippen molar-refractivity contribution in [3.63, 3.8) is 0 Å². The molecule has 2 saturated heterocycles. The summed E-state index contributed by atoms with van der Waals surface area (Å²) >= 11 is 0. The highest BCUT2D eigenvalue weighted by molar-refractivity contribution is 7.86. The molecule has 3 atom stereocenters. The molecule has 0 saturated carbocycles. The summed E-state index contributed by atoms with van der Waals surface area (Å²) in [6.07, 6.45) is 1.20. The topological polar surface area (TPSA) is 92.9 Å². The number of nitrogens with two attached hydrogens (primary N) is 1. The van der Waals surface area contributed by atoms with E-state index in [0.29, 0.717) is 32.5 Å². The van der Waals surface area contributed by atoms with Crippen LogP contribution in [0.15, 0.2) is 0 Å². The van der Waals surface area contributed by atoms with Crippen LogP contribution in [0.4, 0.5) is 0 Å². The van der Waals surface area contributed by atoms with Crippen LogP contribution in [-0.4, -0.2) is 61.3 Å². The largest absolute Gasteiger partial charge is 0.465 e. The van der Waals surface area contributed by atoms with E-state index in [-0.39, 0.29) is 18.6 Å². The van der Waals surface area contributed by atoms with E-state index in [4.69, 9.17) is 10.5 Å². The molecular weight excluding hydrogens is 282 g/mol. The molecule has 0 aromatic rings. The predicted octanol–water partition coefficient (Wildman–Crippen LogP) is -0.462. The second-order valence-corrected chi connectivity index (χ2v) is 7.37.